The number of allylic oxidation sites excluding steroid dienone is 1. The van der Waals surface area contributed by atoms with Crippen LogP contribution in [0.2, 0.25) is 0 Å². The quantitative estimate of drug-likeness (QED) is 0.362. The molecule has 0 radical (unpaired) electrons. The number of aliphatic hydroxyl groups excluding tert-OH is 2. The molecule has 0 bridgehead atoms. The summed E-state index contributed by atoms with van der Waals surface area (Å²) in [5.74, 6) is -5.70. The number of phenols is 1. The number of carbonyl (C=O) groups is 3. The van der Waals surface area contributed by atoms with Crippen molar-refractivity contribution in [1.82, 2.24) is 4.90 Å². The topological polar surface area (TPSA) is 180 Å². The number of fused-ring (bicyclic) bond motifs is 4. The van der Waals surface area contributed by atoms with Gasteiger partial charge in [-0.1, -0.05) is 12.1 Å². The summed E-state index contributed by atoms with van der Waals surface area (Å²) < 4.78 is 10.9. The number of primary amides is 1. The molecule has 0 saturated heterocycles. The Labute approximate surface area is 222 Å². The molecular weight excluding hydrogens is 508 g/mol. The molecule has 6 N–H and O–H groups in total. The lowest BCUT2D eigenvalue weighted by Crippen LogP contribution is -2.63. The number of rotatable bonds is 3. The lowest BCUT2D eigenvalue weighted by atomic mass is 9.58. The Balaban J connectivity index is 1.53. The van der Waals surface area contributed by atoms with Gasteiger partial charge in [-0.05, 0) is 67.7 Å². The maximum atomic E-state index is 13.9. The van der Waals surface area contributed by atoms with Crippen LogP contribution in [-0.4, -0.2) is 75.3 Å². The molecular formula is C28H26N2O9. The number of ether oxygens (including phenoxy) is 2. The summed E-state index contributed by atoms with van der Waals surface area (Å²) in [6.45, 7) is 0.0925. The smallest absolute Gasteiger partial charge is 0.255 e. The van der Waals surface area contributed by atoms with E-state index in [2.05, 4.69) is 0 Å². The molecule has 0 fully saturated rings. The number of aliphatic hydroxyl groups is 3. The van der Waals surface area contributed by atoms with E-state index in [0.29, 0.717) is 22.6 Å². The van der Waals surface area contributed by atoms with Crippen molar-refractivity contribution in [3.8, 4) is 28.4 Å². The second-order valence-electron chi connectivity index (χ2n) is 10.5. The highest BCUT2D eigenvalue weighted by atomic mass is 16.7. The van der Waals surface area contributed by atoms with E-state index >= 15 is 0 Å². The van der Waals surface area contributed by atoms with Crippen LogP contribution in [0.15, 0.2) is 53.0 Å². The molecule has 0 saturated carbocycles. The van der Waals surface area contributed by atoms with Crippen LogP contribution in [0.25, 0.3) is 11.1 Å². The lowest BCUT2D eigenvalue weighted by molar-refractivity contribution is -0.148. The highest BCUT2D eigenvalue weighted by Crippen LogP contribution is 2.53. The molecule has 202 valence electrons. The fourth-order valence-corrected chi connectivity index (χ4v) is 6.59. The number of nitrogens with two attached hydrogens (primary N) is 1. The molecule has 0 aromatic heterocycles. The maximum Gasteiger partial charge on any atom is 0.255 e. The summed E-state index contributed by atoms with van der Waals surface area (Å²) in [4.78, 5) is 40.9. The minimum absolute atomic E-state index is 0.0159. The van der Waals surface area contributed by atoms with E-state index in [1.165, 1.54) is 11.0 Å². The molecule has 2 aromatic rings. The number of likely N-dealkylation sites (N-methyl/N-ethyl adjacent to an activating group) is 1. The third-order valence-corrected chi connectivity index (χ3v) is 8.29. The van der Waals surface area contributed by atoms with Crippen molar-refractivity contribution in [2.24, 2.45) is 17.6 Å². The number of hydrogen-bond acceptors (Lipinski definition) is 10. The molecule has 1 heterocycles. The molecule has 11 heteroatoms. The van der Waals surface area contributed by atoms with Crippen molar-refractivity contribution in [3.05, 3.63) is 64.1 Å². The molecule has 0 spiro atoms. The second kappa shape index (κ2) is 8.32. The molecule has 4 aliphatic rings. The van der Waals surface area contributed by atoms with Crippen molar-refractivity contribution in [1.29, 1.82) is 0 Å². The van der Waals surface area contributed by atoms with Crippen LogP contribution in [0.4, 0.5) is 0 Å². The Morgan fingerprint density at radius 1 is 1.08 bits per heavy atom. The molecule has 11 nitrogen and oxygen atoms in total. The summed E-state index contributed by atoms with van der Waals surface area (Å²) in [6.07, 6.45) is 0.203. The number of Topliss-reactive ketones (excluding diaryl/α,β-unsaturated/α-hetero) is 2. The first-order valence-corrected chi connectivity index (χ1v) is 12.4. The van der Waals surface area contributed by atoms with Gasteiger partial charge in [0.2, 0.25) is 12.6 Å². The van der Waals surface area contributed by atoms with Gasteiger partial charge in [0.15, 0.2) is 22.9 Å². The van der Waals surface area contributed by atoms with Gasteiger partial charge >= 0.3 is 0 Å². The number of carbonyl (C=O) groups excluding carboxylic acids is 3. The molecule has 2 aromatic carbocycles. The van der Waals surface area contributed by atoms with Crippen LogP contribution in [0.1, 0.15) is 22.3 Å². The van der Waals surface area contributed by atoms with Crippen LogP contribution < -0.4 is 15.2 Å². The number of hydrogen-bond donors (Lipinski definition) is 5. The Bertz CT molecular complexity index is 1560. The first-order chi connectivity index (χ1) is 18.5. The third-order valence-electron chi connectivity index (χ3n) is 8.29. The normalized spacial score (nSPS) is 27.4. The average Bonchev–Trinajstić information content (AvgIpc) is 3.34. The zero-order valence-electron chi connectivity index (χ0n) is 21.1. The zero-order chi connectivity index (χ0) is 28.0. The second-order valence-corrected chi connectivity index (χ2v) is 10.5. The van der Waals surface area contributed by atoms with Gasteiger partial charge in [-0.3, -0.25) is 19.3 Å². The van der Waals surface area contributed by atoms with Gasteiger partial charge < -0.3 is 35.6 Å². The van der Waals surface area contributed by atoms with E-state index < -0.39 is 58.0 Å². The SMILES string of the molecule is CN(C)[C@H]1C(O)=C(C(N)=O)C(=O)[C@]2(O)C(O)=C3C(=O)c4c(O)ccc(-c5ccc6c(c5)OCO6)c4C[C@@H]3C[C@H]12. The fraction of sp³-hybridized carbons (Fsp3) is 0.321. The number of ketones is 2. The van der Waals surface area contributed by atoms with Crippen LogP contribution in [0.3, 0.4) is 0 Å². The number of phenolic OH excluding ortho intramolecular Hbond substituents is 1. The predicted molar refractivity (Wildman–Crippen MR) is 135 cm³/mol. The van der Waals surface area contributed by atoms with E-state index in [9.17, 15) is 34.8 Å². The average molecular weight is 535 g/mol. The van der Waals surface area contributed by atoms with Crippen molar-refractivity contribution in [3.63, 3.8) is 0 Å². The number of nitrogens with zero attached hydrogens (tertiary/aromatic N) is 1. The van der Waals surface area contributed by atoms with E-state index in [1.54, 1.807) is 32.3 Å². The number of benzene rings is 2. The summed E-state index contributed by atoms with van der Waals surface area (Å²) >= 11 is 0. The lowest BCUT2D eigenvalue weighted by Gasteiger charge is -2.50. The predicted octanol–water partition coefficient (Wildman–Crippen LogP) is 1.52. The number of amides is 1. The van der Waals surface area contributed by atoms with E-state index in [1.807, 2.05) is 6.07 Å². The van der Waals surface area contributed by atoms with E-state index in [4.69, 9.17) is 15.2 Å². The molecule has 1 aliphatic heterocycles. The van der Waals surface area contributed by atoms with Crippen LogP contribution in [-0.2, 0) is 16.0 Å². The highest BCUT2D eigenvalue weighted by Gasteiger charge is 2.63. The summed E-state index contributed by atoms with van der Waals surface area (Å²) in [7, 11) is 3.17. The molecule has 0 unspecified atom stereocenters. The van der Waals surface area contributed by atoms with Gasteiger partial charge in [0.1, 0.15) is 22.8 Å². The van der Waals surface area contributed by atoms with Crippen LogP contribution in [0, 0.1) is 11.8 Å². The largest absolute Gasteiger partial charge is 0.510 e. The zero-order valence-corrected chi connectivity index (χ0v) is 21.1. The molecule has 6 rings (SSSR count). The third kappa shape index (κ3) is 3.26. The van der Waals surface area contributed by atoms with Crippen molar-refractivity contribution in [2.75, 3.05) is 20.9 Å². The van der Waals surface area contributed by atoms with Gasteiger partial charge in [0.25, 0.3) is 5.91 Å². The van der Waals surface area contributed by atoms with Gasteiger partial charge in [-0.25, -0.2) is 0 Å². The Hall–Kier alpha value is -4.35. The van der Waals surface area contributed by atoms with Crippen LogP contribution >= 0.6 is 0 Å². The molecule has 4 atom stereocenters. The van der Waals surface area contributed by atoms with Gasteiger partial charge in [0, 0.05) is 11.5 Å². The van der Waals surface area contributed by atoms with E-state index in [0.717, 1.165) is 5.56 Å². The van der Waals surface area contributed by atoms with Crippen LogP contribution in [0.5, 0.6) is 17.2 Å². The first-order valence-electron chi connectivity index (χ1n) is 12.4. The van der Waals surface area contributed by atoms with Crippen molar-refractivity contribution >= 4 is 17.5 Å². The van der Waals surface area contributed by atoms with Crippen molar-refractivity contribution < 1.29 is 44.3 Å². The summed E-state index contributed by atoms with van der Waals surface area (Å²) in [5, 5.41) is 44.7. The Morgan fingerprint density at radius 2 is 1.79 bits per heavy atom. The van der Waals surface area contributed by atoms with Gasteiger partial charge in [-0.2, -0.15) is 0 Å². The van der Waals surface area contributed by atoms with Crippen molar-refractivity contribution in [2.45, 2.75) is 24.5 Å². The Morgan fingerprint density at radius 3 is 2.49 bits per heavy atom. The van der Waals surface area contributed by atoms with Gasteiger partial charge in [0.05, 0.1) is 11.6 Å². The minimum Gasteiger partial charge on any atom is -0.510 e. The highest BCUT2D eigenvalue weighted by molar-refractivity contribution is 6.24. The molecule has 1 amide bonds. The summed E-state index contributed by atoms with van der Waals surface area (Å²) in [5.41, 5.74) is 3.52. The minimum atomic E-state index is -2.67. The maximum absolute atomic E-state index is 13.9. The fourth-order valence-electron chi connectivity index (χ4n) is 6.59. The number of aromatic hydroxyl groups is 1. The van der Waals surface area contributed by atoms with Gasteiger partial charge in [-0.15, -0.1) is 0 Å². The molecule has 3 aliphatic carbocycles. The standard InChI is InChI=1S/C28H26N2O9/c1-30(2)22-15-8-12-7-14-13(11-3-6-17-18(9-11)39-10-38-17)4-5-16(31)20(14)23(32)19(12)25(34)28(15,37)26(35)21(24(22)33)27(29)36/h3-6,9,12,15,22,31,33-34,37H,7-8,10H2,1-2H3,(H2,29,36)/t12-,15-,22-,28-/m1/s1. The first kappa shape index (κ1) is 25.0. The summed E-state index contributed by atoms with van der Waals surface area (Å²) in [6, 6.07) is 7.34. The van der Waals surface area contributed by atoms with E-state index in [-0.39, 0.29) is 36.5 Å². The Kier molecular flexibility index (Phi) is 5.33. The molecule has 39 heavy (non-hydrogen) atoms. The monoisotopic (exact) mass is 534 g/mol.